The number of hydrogen-bond acceptors (Lipinski definition) is 4. The van der Waals surface area contributed by atoms with Crippen molar-refractivity contribution < 1.29 is 9.90 Å². The van der Waals surface area contributed by atoms with Crippen molar-refractivity contribution in [2.75, 3.05) is 5.32 Å². The standard InChI is InChI=1S/C29H27N3O2/c33-23-17-18-24-22(19-23)14-8-15-25-28(24)32-27(21-12-5-2-6-13-21)29(30-25)31-26(34)16-7-11-20-9-3-1-4-10-20/h1-6,9-10,12-13,17-19,33H,7-8,11,14-16H2,(H,30,31,34). The van der Waals surface area contributed by atoms with Gasteiger partial charge in [0, 0.05) is 17.5 Å². The Morgan fingerprint density at radius 3 is 2.44 bits per heavy atom. The molecule has 1 aromatic heterocycles. The zero-order valence-electron chi connectivity index (χ0n) is 19.0. The minimum Gasteiger partial charge on any atom is -0.508 e. The maximum atomic E-state index is 12.9. The Hall–Kier alpha value is -3.99. The van der Waals surface area contributed by atoms with Crippen LogP contribution in [-0.4, -0.2) is 21.0 Å². The highest BCUT2D eigenvalue weighted by atomic mass is 16.3. The van der Waals surface area contributed by atoms with E-state index in [0.717, 1.165) is 60.2 Å². The molecule has 5 nitrogen and oxygen atoms in total. The third-order valence-electron chi connectivity index (χ3n) is 6.19. The Morgan fingerprint density at radius 2 is 1.65 bits per heavy atom. The van der Waals surface area contributed by atoms with E-state index in [4.69, 9.17) is 9.97 Å². The second-order valence-corrected chi connectivity index (χ2v) is 8.66. The average Bonchev–Trinajstić information content (AvgIpc) is 3.03. The lowest BCUT2D eigenvalue weighted by Crippen LogP contribution is -2.15. The molecule has 5 rings (SSSR count). The van der Waals surface area contributed by atoms with Crippen LogP contribution in [0.15, 0.2) is 78.9 Å². The summed E-state index contributed by atoms with van der Waals surface area (Å²) in [5.74, 6) is 0.719. The van der Waals surface area contributed by atoms with Gasteiger partial charge in [-0.15, -0.1) is 0 Å². The number of carbonyl (C=O) groups is 1. The van der Waals surface area contributed by atoms with Crippen LogP contribution >= 0.6 is 0 Å². The summed E-state index contributed by atoms with van der Waals surface area (Å²) in [4.78, 5) is 22.8. The number of phenolic OH excluding ortho intramolecular Hbond substituents is 1. The number of hydrogen-bond donors (Lipinski definition) is 2. The molecule has 1 heterocycles. The molecule has 1 amide bonds. The first-order valence-electron chi connectivity index (χ1n) is 11.8. The van der Waals surface area contributed by atoms with Crippen LogP contribution in [0.1, 0.15) is 36.1 Å². The molecule has 34 heavy (non-hydrogen) atoms. The molecule has 170 valence electrons. The van der Waals surface area contributed by atoms with Gasteiger partial charge in [0.2, 0.25) is 5.91 Å². The monoisotopic (exact) mass is 449 g/mol. The van der Waals surface area contributed by atoms with E-state index in [-0.39, 0.29) is 11.7 Å². The van der Waals surface area contributed by atoms with Gasteiger partial charge in [0.1, 0.15) is 11.4 Å². The summed E-state index contributed by atoms with van der Waals surface area (Å²) in [5.41, 5.74) is 6.58. The van der Waals surface area contributed by atoms with Crippen LogP contribution in [0.3, 0.4) is 0 Å². The van der Waals surface area contributed by atoms with Crippen molar-refractivity contribution in [2.24, 2.45) is 0 Å². The summed E-state index contributed by atoms with van der Waals surface area (Å²) in [6.45, 7) is 0. The van der Waals surface area contributed by atoms with Crippen LogP contribution in [0, 0.1) is 0 Å². The van der Waals surface area contributed by atoms with Crippen molar-refractivity contribution >= 4 is 11.7 Å². The lowest BCUT2D eigenvalue weighted by atomic mass is 10.0. The fourth-order valence-electron chi connectivity index (χ4n) is 4.50. The fraction of sp³-hybridized carbons (Fsp3) is 0.207. The summed E-state index contributed by atoms with van der Waals surface area (Å²) in [5, 5.41) is 13.0. The number of nitrogens with one attached hydrogen (secondary N) is 1. The largest absolute Gasteiger partial charge is 0.508 e. The average molecular weight is 450 g/mol. The van der Waals surface area contributed by atoms with E-state index in [1.54, 1.807) is 6.07 Å². The molecule has 0 saturated heterocycles. The van der Waals surface area contributed by atoms with E-state index >= 15 is 0 Å². The summed E-state index contributed by atoms with van der Waals surface area (Å²) < 4.78 is 0. The number of rotatable bonds is 6. The van der Waals surface area contributed by atoms with Crippen LogP contribution in [0.2, 0.25) is 0 Å². The second kappa shape index (κ2) is 9.87. The fourth-order valence-corrected chi connectivity index (χ4v) is 4.50. The topological polar surface area (TPSA) is 75.1 Å². The van der Waals surface area contributed by atoms with E-state index in [0.29, 0.717) is 17.9 Å². The van der Waals surface area contributed by atoms with Gasteiger partial charge in [0.05, 0.1) is 11.4 Å². The predicted molar refractivity (Wildman–Crippen MR) is 135 cm³/mol. The summed E-state index contributed by atoms with van der Waals surface area (Å²) >= 11 is 0. The molecule has 4 aromatic rings. The van der Waals surface area contributed by atoms with Gasteiger partial charge in [-0.05, 0) is 61.4 Å². The third-order valence-corrected chi connectivity index (χ3v) is 6.19. The summed E-state index contributed by atoms with van der Waals surface area (Å²) in [7, 11) is 0. The van der Waals surface area contributed by atoms with Gasteiger partial charge in [0.25, 0.3) is 0 Å². The van der Waals surface area contributed by atoms with Gasteiger partial charge in [-0.3, -0.25) is 4.79 Å². The van der Waals surface area contributed by atoms with E-state index in [9.17, 15) is 9.90 Å². The molecule has 0 saturated carbocycles. The minimum atomic E-state index is -0.0543. The number of carbonyl (C=O) groups excluding carboxylic acids is 1. The Labute approximate surface area is 199 Å². The Morgan fingerprint density at radius 1 is 0.882 bits per heavy atom. The predicted octanol–water partition coefficient (Wildman–Crippen LogP) is 5.97. The molecule has 3 aromatic carbocycles. The SMILES string of the molecule is O=C(CCCc1ccccc1)Nc1nc2c(nc1-c1ccccc1)-c1ccc(O)cc1CCC2. The smallest absolute Gasteiger partial charge is 0.225 e. The number of benzene rings is 3. The normalized spacial score (nSPS) is 12.4. The first-order chi connectivity index (χ1) is 16.7. The summed E-state index contributed by atoms with van der Waals surface area (Å²) in [6.07, 6.45) is 4.58. The van der Waals surface area contributed by atoms with Crippen molar-refractivity contribution in [3.63, 3.8) is 0 Å². The molecule has 0 atom stereocenters. The van der Waals surface area contributed by atoms with Crippen LogP contribution in [0.5, 0.6) is 5.75 Å². The van der Waals surface area contributed by atoms with Crippen molar-refractivity contribution in [1.29, 1.82) is 0 Å². The Balaban J connectivity index is 1.45. The zero-order chi connectivity index (χ0) is 23.3. The molecule has 0 bridgehead atoms. The molecule has 0 radical (unpaired) electrons. The minimum absolute atomic E-state index is 0.0543. The van der Waals surface area contributed by atoms with E-state index < -0.39 is 0 Å². The number of phenols is 1. The number of aryl methyl sites for hydroxylation is 3. The quantitative estimate of drug-likeness (QED) is 0.380. The molecule has 2 N–H and O–H groups in total. The van der Waals surface area contributed by atoms with Gasteiger partial charge < -0.3 is 10.4 Å². The first-order valence-corrected chi connectivity index (χ1v) is 11.8. The highest BCUT2D eigenvalue weighted by molar-refractivity contribution is 5.93. The Bertz CT molecular complexity index is 1300. The van der Waals surface area contributed by atoms with Crippen LogP contribution in [0.4, 0.5) is 5.82 Å². The first kappa shape index (κ1) is 21.8. The molecule has 0 unspecified atom stereocenters. The number of amides is 1. The molecular weight excluding hydrogens is 422 g/mol. The number of anilines is 1. The van der Waals surface area contributed by atoms with Crippen molar-refractivity contribution in [1.82, 2.24) is 9.97 Å². The summed E-state index contributed by atoms with van der Waals surface area (Å²) in [6, 6.07) is 25.5. The lowest BCUT2D eigenvalue weighted by Gasteiger charge is -2.15. The lowest BCUT2D eigenvalue weighted by molar-refractivity contribution is -0.116. The van der Waals surface area contributed by atoms with Crippen LogP contribution < -0.4 is 5.32 Å². The van der Waals surface area contributed by atoms with Gasteiger partial charge in [-0.1, -0.05) is 60.7 Å². The van der Waals surface area contributed by atoms with Crippen LogP contribution in [0.25, 0.3) is 22.5 Å². The molecule has 0 fully saturated rings. The molecular formula is C29H27N3O2. The van der Waals surface area contributed by atoms with E-state index in [1.807, 2.05) is 60.7 Å². The highest BCUT2D eigenvalue weighted by Gasteiger charge is 2.22. The number of aromatic hydroxyl groups is 1. The highest BCUT2D eigenvalue weighted by Crippen LogP contribution is 2.36. The molecule has 0 aliphatic heterocycles. The van der Waals surface area contributed by atoms with E-state index in [2.05, 4.69) is 17.4 Å². The van der Waals surface area contributed by atoms with Gasteiger partial charge in [0.15, 0.2) is 5.82 Å². The second-order valence-electron chi connectivity index (χ2n) is 8.66. The van der Waals surface area contributed by atoms with Gasteiger partial charge in [-0.2, -0.15) is 0 Å². The van der Waals surface area contributed by atoms with Gasteiger partial charge in [-0.25, -0.2) is 9.97 Å². The molecule has 1 aliphatic rings. The van der Waals surface area contributed by atoms with Crippen LogP contribution in [-0.2, 0) is 24.1 Å². The molecule has 1 aliphatic carbocycles. The Kier molecular flexibility index (Phi) is 6.34. The number of aromatic nitrogens is 2. The maximum absolute atomic E-state index is 12.9. The maximum Gasteiger partial charge on any atom is 0.225 e. The van der Waals surface area contributed by atoms with Crippen molar-refractivity contribution in [2.45, 2.75) is 38.5 Å². The number of nitrogens with zero attached hydrogens (tertiary/aromatic N) is 2. The zero-order valence-corrected chi connectivity index (χ0v) is 19.0. The van der Waals surface area contributed by atoms with Crippen molar-refractivity contribution in [3.8, 4) is 28.3 Å². The van der Waals surface area contributed by atoms with Gasteiger partial charge >= 0.3 is 0 Å². The molecule has 5 heteroatoms. The number of fused-ring (bicyclic) bond motifs is 3. The molecule has 0 spiro atoms. The third kappa shape index (κ3) is 4.84. The van der Waals surface area contributed by atoms with Crippen molar-refractivity contribution in [3.05, 3.63) is 95.7 Å². The van der Waals surface area contributed by atoms with E-state index in [1.165, 1.54) is 5.56 Å².